The van der Waals surface area contributed by atoms with Crippen molar-refractivity contribution in [1.82, 2.24) is 9.36 Å². The molecule has 0 aliphatic carbocycles. The van der Waals surface area contributed by atoms with E-state index in [1.165, 1.54) is 11.5 Å². The zero-order valence-electron chi connectivity index (χ0n) is 9.33. The molecule has 2 rings (SSSR count). The number of halogens is 1. The largest absolute Gasteiger partial charge is 0.345 e. The molecule has 1 fully saturated rings. The van der Waals surface area contributed by atoms with E-state index >= 15 is 0 Å². The molecule has 1 aliphatic heterocycles. The topological polar surface area (TPSA) is 29.0 Å². The van der Waals surface area contributed by atoms with Gasteiger partial charge in [-0.05, 0) is 0 Å². The van der Waals surface area contributed by atoms with Gasteiger partial charge in [0.05, 0.1) is 5.38 Å². The maximum atomic E-state index is 6.30. The fourth-order valence-corrected chi connectivity index (χ4v) is 2.75. The van der Waals surface area contributed by atoms with Gasteiger partial charge in [-0.25, -0.2) is 4.98 Å². The van der Waals surface area contributed by atoms with Gasteiger partial charge in [-0.15, -0.1) is 11.6 Å². The van der Waals surface area contributed by atoms with E-state index < -0.39 is 0 Å². The summed E-state index contributed by atoms with van der Waals surface area (Å²) < 4.78 is 4.30. The molecule has 3 nitrogen and oxygen atoms in total. The van der Waals surface area contributed by atoms with Crippen LogP contribution < -0.4 is 4.90 Å². The van der Waals surface area contributed by atoms with Crippen molar-refractivity contribution in [2.45, 2.75) is 32.6 Å². The molecule has 0 spiro atoms. The van der Waals surface area contributed by atoms with Crippen molar-refractivity contribution < 1.29 is 0 Å². The Morgan fingerprint density at radius 1 is 1.60 bits per heavy atom. The fraction of sp³-hybridized carbons (Fsp3) is 0.800. The maximum absolute atomic E-state index is 6.30. The average molecular weight is 246 g/mol. The van der Waals surface area contributed by atoms with Crippen LogP contribution in [0.2, 0.25) is 0 Å². The Kier molecular flexibility index (Phi) is 2.90. The fourth-order valence-electron chi connectivity index (χ4n) is 1.76. The lowest BCUT2D eigenvalue weighted by atomic mass is 9.93. The van der Waals surface area contributed by atoms with Gasteiger partial charge >= 0.3 is 0 Å². The third-order valence-electron chi connectivity index (χ3n) is 2.87. The zero-order chi connectivity index (χ0) is 11.1. The molecule has 15 heavy (non-hydrogen) atoms. The van der Waals surface area contributed by atoms with Crippen LogP contribution in [0.3, 0.4) is 0 Å². The second-order valence-electron chi connectivity index (χ2n) is 4.68. The Balaban J connectivity index is 2.13. The molecule has 0 N–H and O–H groups in total. The van der Waals surface area contributed by atoms with E-state index in [0.717, 1.165) is 30.5 Å². The van der Waals surface area contributed by atoms with Crippen LogP contribution >= 0.6 is 23.1 Å². The lowest BCUT2D eigenvalue weighted by molar-refractivity contribution is 0.425. The summed E-state index contributed by atoms with van der Waals surface area (Å²) in [6, 6.07) is 0. The summed E-state index contributed by atoms with van der Waals surface area (Å²) in [6.07, 6.45) is 0.901. The summed E-state index contributed by atoms with van der Waals surface area (Å²) in [7, 11) is 0. The van der Waals surface area contributed by atoms with Gasteiger partial charge in [0, 0.05) is 36.5 Å². The number of nitrogens with zero attached hydrogens (tertiary/aromatic N) is 3. The van der Waals surface area contributed by atoms with Crippen LogP contribution in [0.4, 0.5) is 5.13 Å². The molecule has 0 aromatic carbocycles. The third kappa shape index (κ3) is 2.11. The minimum Gasteiger partial charge on any atom is -0.345 e. The van der Waals surface area contributed by atoms with E-state index in [1.54, 1.807) is 0 Å². The van der Waals surface area contributed by atoms with Gasteiger partial charge in [0.15, 0.2) is 0 Å². The van der Waals surface area contributed by atoms with Crippen LogP contribution in [-0.4, -0.2) is 27.8 Å². The standard InChI is InChI=1S/C10H16ClN3S/c1-4-8-12-9(15-13-8)14-5-7(11)10(2,3)6-14/h7H,4-6H2,1-3H3. The third-order valence-corrected chi connectivity index (χ3v) is 4.41. The Hall–Kier alpha value is -0.350. The van der Waals surface area contributed by atoms with Crippen LogP contribution in [0.25, 0.3) is 0 Å². The number of aromatic nitrogens is 2. The number of hydrogen-bond donors (Lipinski definition) is 0. The summed E-state index contributed by atoms with van der Waals surface area (Å²) in [5.74, 6) is 0.936. The molecule has 0 bridgehead atoms. The highest BCUT2D eigenvalue weighted by Gasteiger charge is 2.39. The molecule has 1 saturated heterocycles. The first-order valence-electron chi connectivity index (χ1n) is 5.24. The number of rotatable bonds is 2. The van der Waals surface area contributed by atoms with E-state index in [4.69, 9.17) is 11.6 Å². The molecular weight excluding hydrogens is 230 g/mol. The molecule has 1 aromatic rings. The second-order valence-corrected chi connectivity index (χ2v) is 5.94. The second kappa shape index (κ2) is 3.91. The predicted octanol–water partition coefficient (Wildman–Crippen LogP) is 2.55. The van der Waals surface area contributed by atoms with Crippen molar-refractivity contribution in [3.63, 3.8) is 0 Å². The van der Waals surface area contributed by atoms with Crippen molar-refractivity contribution in [3.05, 3.63) is 5.82 Å². The molecule has 2 heterocycles. The number of anilines is 1. The zero-order valence-corrected chi connectivity index (χ0v) is 10.9. The molecule has 1 unspecified atom stereocenters. The van der Waals surface area contributed by atoms with Gasteiger partial charge in [0.2, 0.25) is 5.13 Å². The first kappa shape index (κ1) is 11.1. The molecular formula is C10H16ClN3S. The van der Waals surface area contributed by atoms with E-state index in [2.05, 4.69) is 35.0 Å². The SMILES string of the molecule is CCc1nsc(N2CC(Cl)C(C)(C)C2)n1. The number of alkyl halides is 1. The van der Waals surface area contributed by atoms with Gasteiger partial charge in [-0.1, -0.05) is 20.8 Å². The van der Waals surface area contributed by atoms with E-state index in [-0.39, 0.29) is 10.8 Å². The summed E-state index contributed by atoms with van der Waals surface area (Å²) >= 11 is 7.78. The van der Waals surface area contributed by atoms with Gasteiger partial charge in [-0.3, -0.25) is 0 Å². The van der Waals surface area contributed by atoms with Crippen molar-refractivity contribution in [2.75, 3.05) is 18.0 Å². The Labute approximate surface area is 99.6 Å². The van der Waals surface area contributed by atoms with Crippen molar-refractivity contribution in [2.24, 2.45) is 5.41 Å². The van der Waals surface area contributed by atoms with Crippen LogP contribution in [0, 0.1) is 5.41 Å². The molecule has 5 heteroatoms. The van der Waals surface area contributed by atoms with Crippen LogP contribution in [0.15, 0.2) is 0 Å². The Morgan fingerprint density at radius 2 is 2.33 bits per heavy atom. The lowest BCUT2D eigenvalue weighted by Crippen LogP contribution is -2.23. The van der Waals surface area contributed by atoms with E-state index in [9.17, 15) is 0 Å². The van der Waals surface area contributed by atoms with Gasteiger partial charge < -0.3 is 4.90 Å². The van der Waals surface area contributed by atoms with Gasteiger partial charge in [0.25, 0.3) is 0 Å². The van der Waals surface area contributed by atoms with Crippen LogP contribution in [0.5, 0.6) is 0 Å². The molecule has 1 atom stereocenters. The first-order chi connectivity index (χ1) is 7.03. The quantitative estimate of drug-likeness (QED) is 0.750. The number of hydrogen-bond acceptors (Lipinski definition) is 4. The molecule has 0 amide bonds. The summed E-state index contributed by atoms with van der Waals surface area (Å²) in [4.78, 5) is 6.73. The number of aryl methyl sites for hydroxylation is 1. The average Bonchev–Trinajstić information content (AvgIpc) is 2.72. The van der Waals surface area contributed by atoms with Crippen molar-refractivity contribution in [3.8, 4) is 0 Å². The highest BCUT2D eigenvalue weighted by atomic mass is 35.5. The van der Waals surface area contributed by atoms with Crippen molar-refractivity contribution in [1.29, 1.82) is 0 Å². The van der Waals surface area contributed by atoms with E-state index in [0.29, 0.717) is 0 Å². The molecule has 0 radical (unpaired) electrons. The maximum Gasteiger partial charge on any atom is 0.205 e. The smallest absolute Gasteiger partial charge is 0.205 e. The predicted molar refractivity (Wildman–Crippen MR) is 64.9 cm³/mol. The van der Waals surface area contributed by atoms with Gasteiger partial charge in [-0.2, -0.15) is 4.37 Å². The Bertz CT molecular complexity index is 350. The lowest BCUT2D eigenvalue weighted by Gasteiger charge is -2.20. The molecule has 0 saturated carbocycles. The highest BCUT2D eigenvalue weighted by molar-refractivity contribution is 7.09. The minimum atomic E-state index is 0.166. The molecule has 84 valence electrons. The monoisotopic (exact) mass is 245 g/mol. The summed E-state index contributed by atoms with van der Waals surface area (Å²) in [5.41, 5.74) is 0.166. The highest BCUT2D eigenvalue weighted by Crippen LogP contribution is 2.36. The van der Waals surface area contributed by atoms with Crippen LogP contribution in [0.1, 0.15) is 26.6 Å². The first-order valence-corrected chi connectivity index (χ1v) is 6.45. The Morgan fingerprint density at radius 3 is 2.80 bits per heavy atom. The molecule has 1 aromatic heterocycles. The summed E-state index contributed by atoms with van der Waals surface area (Å²) in [6.45, 7) is 8.33. The normalized spacial score (nSPS) is 24.8. The van der Waals surface area contributed by atoms with Crippen molar-refractivity contribution >= 4 is 28.3 Å². The van der Waals surface area contributed by atoms with Crippen LogP contribution in [-0.2, 0) is 6.42 Å². The van der Waals surface area contributed by atoms with E-state index in [1.807, 2.05) is 0 Å². The molecule has 1 aliphatic rings. The summed E-state index contributed by atoms with van der Waals surface area (Å²) in [5, 5.41) is 1.22. The van der Waals surface area contributed by atoms with Gasteiger partial charge in [0.1, 0.15) is 5.82 Å². The minimum absolute atomic E-state index is 0.166.